The first-order valence-corrected chi connectivity index (χ1v) is 9.25. The van der Waals surface area contributed by atoms with Gasteiger partial charge in [0.2, 0.25) is 11.8 Å². The van der Waals surface area contributed by atoms with Gasteiger partial charge in [-0.1, -0.05) is 25.8 Å². The lowest BCUT2D eigenvalue weighted by molar-refractivity contribution is -0.151. The zero-order valence-electron chi connectivity index (χ0n) is 13.8. The number of imide groups is 1. The minimum Gasteiger partial charge on any atom is -0.480 e. The molecule has 0 saturated carbocycles. The van der Waals surface area contributed by atoms with Crippen LogP contribution in [0.2, 0.25) is 0 Å². The van der Waals surface area contributed by atoms with Gasteiger partial charge in [-0.3, -0.25) is 24.6 Å². The molecule has 4 unspecified atom stereocenters. The van der Waals surface area contributed by atoms with Crippen LogP contribution in [0.15, 0.2) is 17.5 Å². The Morgan fingerprint density at radius 2 is 2.12 bits per heavy atom. The van der Waals surface area contributed by atoms with Gasteiger partial charge in [-0.05, 0) is 24.8 Å². The largest absolute Gasteiger partial charge is 0.480 e. The van der Waals surface area contributed by atoms with Crippen molar-refractivity contribution in [3.05, 3.63) is 22.4 Å². The smallest absolute Gasteiger partial charge is 0.324 e. The van der Waals surface area contributed by atoms with Crippen molar-refractivity contribution in [2.24, 2.45) is 11.8 Å². The Morgan fingerprint density at radius 3 is 2.67 bits per heavy atom. The minimum absolute atomic E-state index is 0.252. The second kappa shape index (κ2) is 6.29. The number of nitrogens with one attached hydrogen (secondary N) is 1. The first-order chi connectivity index (χ1) is 11.5. The number of likely N-dealkylation sites (tertiary alicyclic amines) is 1. The van der Waals surface area contributed by atoms with Crippen molar-refractivity contribution in [2.45, 2.75) is 44.7 Å². The van der Waals surface area contributed by atoms with Crippen molar-refractivity contribution in [3.63, 3.8) is 0 Å². The summed E-state index contributed by atoms with van der Waals surface area (Å²) < 4.78 is 0. The lowest BCUT2D eigenvalue weighted by Crippen LogP contribution is -2.55. The third-order valence-corrected chi connectivity index (χ3v) is 6.17. The molecule has 2 N–H and O–H groups in total. The number of nitrogens with zero attached hydrogens (tertiary/aromatic N) is 1. The number of carbonyl (C=O) groups is 3. The van der Waals surface area contributed by atoms with Crippen LogP contribution in [0.4, 0.5) is 0 Å². The van der Waals surface area contributed by atoms with Crippen LogP contribution >= 0.6 is 11.3 Å². The van der Waals surface area contributed by atoms with E-state index in [0.29, 0.717) is 12.8 Å². The number of unbranched alkanes of at least 4 members (excludes halogenated alkanes) is 1. The summed E-state index contributed by atoms with van der Waals surface area (Å²) in [4.78, 5) is 39.9. The van der Waals surface area contributed by atoms with Gasteiger partial charge in [-0.25, -0.2) is 0 Å². The summed E-state index contributed by atoms with van der Waals surface area (Å²) in [5.41, 5.74) is -1.37. The number of carbonyl (C=O) groups excluding carboxylic acids is 2. The fraction of sp³-hybridized carbons (Fsp3) is 0.588. The summed E-state index contributed by atoms with van der Waals surface area (Å²) in [6, 6.07) is 3.35. The molecular weight excluding hydrogens is 328 g/mol. The van der Waals surface area contributed by atoms with Crippen LogP contribution in [0.3, 0.4) is 0 Å². The lowest BCUT2D eigenvalue weighted by atomic mass is 9.77. The molecule has 2 aliphatic rings. The monoisotopic (exact) mass is 350 g/mol. The van der Waals surface area contributed by atoms with Crippen LogP contribution in [0.1, 0.15) is 44.0 Å². The molecule has 3 rings (SSSR count). The predicted octanol–water partition coefficient (Wildman–Crippen LogP) is 2.03. The highest BCUT2D eigenvalue weighted by atomic mass is 32.1. The number of aliphatic carboxylic acids is 1. The quantitative estimate of drug-likeness (QED) is 0.767. The molecule has 0 radical (unpaired) electrons. The average molecular weight is 350 g/mol. The Kier molecular flexibility index (Phi) is 4.48. The Morgan fingerprint density at radius 1 is 1.38 bits per heavy atom. The van der Waals surface area contributed by atoms with E-state index in [0.717, 1.165) is 11.3 Å². The first kappa shape index (κ1) is 17.1. The van der Waals surface area contributed by atoms with Crippen molar-refractivity contribution >= 4 is 29.1 Å². The molecule has 6 nitrogen and oxygen atoms in total. The highest BCUT2D eigenvalue weighted by Crippen LogP contribution is 2.51. The minimum atomic E-state index is -1.37. The second-order valence-electron chi connectivity index (χ2n) is 6.44. The zero-order chi connectivity index (χ0) is 17.5. The van der Waals surface area contributed by atoms with Crippen molar-refractivity contribution in [1.82, 2.24) is 10.2 Å². The van der Waals surface area contributed by atoms with Gasteiger partial charge in [0.15, 0.2) is 0 Å². The highest BCUT2D eigenvalue weighted by molar-refractivity contribution is 7.10. The van der Waals surface area contributed by atoms with Gasteiger partial charge in [-0.2, -0.15) is 0 Å². The van der Waals surface area contributed by atoms with Gasteiger partial charge in [0, 0.05) is 11.4 Å². The van der Waals surface area contributed by atoms with Crippen molar-refractivity contribution < 1.29 is 19.5 Å². The third kappa shape index (κ3) is 2.29. The van der Waals surface area contributed by atoms with E-state index in [9.17, 15) is 19.5 Å². The number of hydrogen-bond acceptors (Lipinski definition) is 5. The van der Waals surface area contributed by atoms with Crippen LogP contribution in [0.25, 0.3) is 0 Å². The zero-order valence-corrected chi connectivity index (χ0v) is 14.6. The normalized spacial score (nSPS) is 32.4. The van der Waals surface area contributed by atoms with Gasteiger partial charge >= 0.3 is 5.97 Å². The van der Waals surface area contributed by atoms with E-state index in [4.69, 9.17) is 0 Å². The Hall–Kier alpha value is -1.73. The summed E-state index contributed by atoms with van der Waals surface area (Å²) >= 11 is 1.48. The fourth-order valence-electron chi connectivity index (χ4n) is 4.07. The van der Waals surface area contributed by atoms with Gasteiger partial charge in [0.1, 0.15) is 5.54 Å². The van der Waals surface area contributed by atoms with Gasteiger partial charge < -0.3 is 5.11 Å². The molecule has 3 heterocycles. The van der Waals surface area contributed by atoms with Crippen molar-refractivity contribution in [3.8, 4) is 0 Å². The second-order valence-corrected chi connectivity index (χ2v) is 7.42. The summed E-state index contributed by atoms with van der Waals surface area (Å²) in [5, 5.41) is 15.1. The van der Waals surface area contributed by atoms with Crippen LogP contribution in [0.5, 0.6) is 0 Å². The summed E-state index contributed by atoms with van der Waals surface area (Å²) in [6.07, 6.45) is 1.86. The van der Waals surface area contributed by atoms with Gasteiger partial charge in [0.05, 0.1) is 17.9 Å². The molecule has 7 heteroatoms. The molecule has 1 aromatic heterocycles. The molecule has 0 spiro atoms. The molecule has 1 aromatic rings. The topological polar surface area (TPSA) is 86.7 Å². The van der Waals surface area contributed by atoms with Crippen LogP contribution < -0.4 is 5.32 Å². The number of rotatable bonds is 6. The average Bonchev–Trinajstić information content (AvgIpc) is 3.23. The molecule has 2 amide bonds. The molecule has 2 fully saturated rings. The molecule has 0 bridgehead atoms. The van der Waals surface area contributed by atoms with E-state index in [1.807, 2.05) is 24.4 Å². The summed E-state index contributed by atoms with van der Waals surface area (Å²) in [5.74, 6) is -3.11. The third-order valence-electron chi connectivity index (χ3n) is 5.22. The first-order valence-electron chi connectivity index (χ1n) is 8.37. The van der Waals surface area contributed by atoms with E-state index in [2.05, 4.69) is 5.32 Å². The Balaban J connectivity index is 2.09. The lowest BCUT2D eigenvalue weighted by Gasteiger charge is -2.30. The number of hydrogen-bond donors (Lipinski definition) is 2. The summed E-state index contributed by atoms with van der Waals surface area (Å²) in [6.45, 7) is 4.02. The number of thiophene rings is 1. The molecule has 4 atom stereocenters. The van der Waals surface area contributed by atoms with Crippen molar-refractivity contribution in [1.29, 1.82) is 0 Å². The van der Waals surface area contributed by atoms with Gasteiger partial charge in [-0.15, -0.1) is 11.3 Å². The number of amides is 2. The molecule has 2 saturated heterocycles. The Labute approximate surface area is 144 Å². The van der Waals surface area contributed by atoms with Crippen molar-refractivity contribution in [2.75, 3.05) is 6.54 Å². The maximum atomic E-state index is 12.8. The fourth-order valence-corrected chi connectivity index (χ4v) is 4.90. The van der Waals surface area contributed by atoms with Crippen LogP contribution in [0, 0.1) is 11.8 Å². The maximum absolute atomic E-state index is 12.8. The molecule has 24 heavy (non-hydrogen) atoms. The van der Waals surface area contributed by atoms with Gasteiger partial charge in [0.25, 0.3) is 0 Å². The molecule has 0 aliphatic carbocycles. The van der Waals surface area contributed by atoms with E-state index in [1.165, 1.54) is 16.2 Å². The summed E-state index contributed by atoms with van der Waals surface area (Å²) in [7, 11) is 0. The highest BCUT2D eigenvalue weighted by Gasteiger charge is 2.67. The molecule has 0 aromatic carbocycles. The van der Waals surface area contributed by atoms with E-state index in [-0.39, 0.29) is 18.4 Å². The Bertz CT molecular complexity index is 660. The van der Waals surface area contributed by atoms with E-state index >= 15 is 0 Å². The maximum Gasteiger partial charge on any atom is 0.324 e. The number of carboxylic acids is 1. The molecule has 2 aliphatic heterocycles. The molecular formula is C17H22N2O4S. The molecule has 130 valence electrons. The van der Waals surface area contributed by atoms with E-state index in [1.54, 1.807) is 6.92 Å². The number of carboxylic acid groups (broad SMARTS) is 1. The van der Waals surface area contributed by atoms with Crippen LogP contribution in [-0.4, -0.2) is 39.9 Å². The van der Waals surface area contributed by atoms with E-state index < -0.39 is 29.4 Å². The standard InChI is InChI=1S/C17H22N2O4S/c1-3-5-8-17(16(22)23)12-11(14(20)19(4-2)15(12)21)13(18-17)10-7-6-9-24-10/h6-7,9,11-13,18H,3-5,8H2,1-2H3,(H,22,23). The SMILES string of the molecule is CCCCC1(C(=O)O)NC(c2cccs2)C2C(=O)N(CC)C(=O)C21. The predicted molar refractivity (Wildman–Crippen MR) is 89.5 cm³/mol. The number of fused-ring (bicyclic) bond motifs is 1. The van der Waals surface area contributed by atoms with Crippen LogP contribution in [-0.2, 0) is 14.4 Å².